The number of carbonyl (C=O) groups excluding carboxylic acids is 2. The number of carboxylic acid groups (broad SMARTS) is 1. The van der Waals surface area contributed by atoms with Crippen molar-refractivity contribution in [3.63, 3.8) is 0 Å². The smallest absolute Gasteiger partial charge is 0.309 e. The molecule has 0 bridgehead atoms. The van der Waals surface area contributed by atoms with Gasteiger partial charge in [-0.05, 0) is 111 Å². The van der Waals surface area contributed by atoms with Gasteiger partial charge in [0.15, 0.2) is 0 Å². The first-order valence-electron chi connectivity index (χ1n) is 13.9. The van der Waals surface area contributed by atoms with E-state index in [-0.39, 0.29) is 39.3 Å². The van der Waals surface area contributed by atoms with Crippen LogP contribution in [0.1, 0.15) is 112 Å². The van der Waals surface area contributed by atoms with E-state index in [2.05, 4.69) is 27.7 Å². The third kappa shape index (κ3) is 2.75. The van der Waals surface area contributed by atoms with E-state index in [4.69, 9.17) is 0 Å². The Morgan fingerprint density at radius 2 is 1.47 bits per heavy atom. The molecule has 190 valence electrons. The summed E-state index contributed by atoms with van der Waals surface area (Å²) in [5, 5.41) is 10.1. The summed E-state index contributed by atoms with van der Waals surface area (Å²) < 4.78 is 0. The molecule has 0 amide bonds. The summed E-state index contributed by atoms with van der Waals surface area (Å²) in [5.41, 5.74) is -0.560. The van der Waals surface area contributed by atoms with Gasteiger partial charge in [0.25, 0.3) is 0 Å². The molecule has 0 aromatic rings. The molecule has 5 saturated carbocycles. The SMILES string of the molecule is C[C@H]1C(=O)CC[C@H]2[C@]3(C)CC[C@@]4(C)[C@@H]5C[C@](C)(C(=O)O)CC[C@]5(C)CC[C@]4(C)[C@H]3CC[C@]12C=O. The van der Waals surface area contributed by atoms with Crippen molar-refractivity contribution in [2.45, 2.75) is 112 Å². The fourth-order valence-corrected chi connectivity index (χ4v) is 11.1. The minimum absolute atomic E-state index is 0.0703. The molecule has 34 heavy (non-hydrogen) atoms. The fourth-order valence-electron chi connectivity index (χ4n) is 11.1. The molecule has 0 heterocycles. The molecule has 5 aliphatic rings. The number of aliphatic carboxylic acids is 1. The normalized spacial score (nSPS) is 56.9. The molecule has 5 aliphatic carbocycles. The lowest BCUT2D eigenvalue weighted by atomic mass is 9.30. The zero-order chi connectivity index (χ0) is 24.9. The predicted molar refractivity (Wildman–Crippen MR) is 132 cm³/mol. The van der Waals surface area contributed by atoms with Crippen LogP contribution in [0, 0.1) is 56.2 Å². The first kappa shape index (κ1) is 24.5. The molecule has 1 N–H and O–H groups in total. The number of carbonyl (C=O) groups is 3. The number of ketones is 1. The van der Waals surface area contributed by atoms with E-state index in [1.54, 1.807) is 0 Å². The van der Waals surface area contributed by atoms with Crippen molar-refractivity contribution in [1.82, 2.24) is 0 Å². The van der Waals surface area contributed by atoms with E-state index in [0.29, 0.717) is 18.3 Å². The lowest BCUT2D eigenvalue weighted by Crippen LogP contribution is -2.68. The van der Waals surface area contributed by atoms with Gasteiger partial charge in [0.2, 0.25) is 0 Å². The highest BCUT2D eigenvalue weighted by Crippen LogP contribution is 2.78. The molecule has 4 heteroatoms. The molecule has 10 atom stereocenters. The third-order valence-electron chi connectivity index (χ3n) is 13.8. The van der Waals surface area contributed by atoms with Gasteiger partial charge in [-0.1, -0.05) is 34.6 Å². The summed E-state index contributed by atoms with van der Waals surface area (Å²) in [5.74, 6) is 0.727. The molecule has 0 aliphatic heterocycles. The molecule has 5 rings (SSSR count). The molecule has 0 unspecified atom stereocenters. The Morgan fingerprint density at radius 3 is 2.12 bits per heavy atom. The average Bonchev–Trinajstić information content (AvgIpc) is 2.79. The number of fused-ring (bicyclic) bond motifs is 7. The Morgan fingerprint density at radius 1 is 0.853 bits per heavy atom. The van der Waals surface area contributed by atoms with E-state index in [9.17, 15) is 19.5 Å². The van der Waals surface area contributed by atoms with Gasteiger partial charge in [-0.2, -0.15) is 0 Å². The largest absolute Gasteiger partial charge is 0.481 e. The standard InChI is InChI=1S/C30H46O4/c1-19-20(32)7-8-22-27(4)14-16-29(6)23-17-26(3,24(33)34)12-11-25(23,2)13-15-28(29,5)21(27)9-10-30(19,22)18-31/h18-19,21-23H,7-17H2,1-6H3,(H,33,34)/t19-,21-,22-,23+,25+,26+,27+,28+,29-,30-/m0/s1. The number of aldehydes is 1. The van der Waals surface area contributed by atoms with E-state index in [1.807, 2.05) is 13.8 Å². The first-order chi connectivity index (χ1) is 15.7. The Kier molecular flexibility index (Phi) is 5.18. The zero-order valence-corrected chi connectivity index (χ0v) is 22.3. The molecule has 0 saturated heterocycles. The van der Waals surface area contributed by atoms with Crippen molar-refractivity contribution in [3.05, 3.63) is 0 Å². The number of hydrogen-bond acceptors (Lipinski definition) is 3. The molecule has 0 spiro atoms. The van der Waals surface area contributed by atoms with Crippen LogP contribution < -0.4 is 0 Å². The van der Waals surface area contributed by atoms with Crippen molar-refractivity contribution >= 4 is 18.0 Å². The van der Waals surface area contributed by atoms with E-state index in [0.717, 1.165) is 51.4 Å². The summed E-state index contributed by atoms with van der Waals surface area (Å²) in [4.78, 5) is 37.7. The minimum atomic E-state index is -0.625. The van der Waals surface area contributed by atoms with Gasteiger partial charge >= 0.3 is 5.97 Å². The lowest BCUT2D eigenvalue weighted by molar-refractivity contribution is -0.255. The second-order valence-corrected chi connectivity index (χ2v) is 14.7. The number of Topliss-reactive ketones (excluding diaryl/α,β-unsaturated/α-hetero) is 1. The number of rotatable bonds is 2. The molecule has 5 fully saturated rings. The van der Waals surface area contributed by atoms with Gasteiger partial charge < -0.3 is 9.90 Å². The highest BCUT2D eigenvalue weighted by atomic mass is 16.4. The lowest BCUT2D eigenvalue weighted by Gasteiger charge is -2.74. The second-order valence-electron chi connectivity index (χ2n) is 14.7. The summed E-state index contributed by atoms with van der Waals surface area (Å²) in [7, 11) is 0. The monoisotopic (exact) mass is 470 g/mol. The quantitative estimate of drug-likeness (QED) is 0.456. The predicted octanol–water partition coefficient (Wildman–Crippen LogP) is 6.70. The van der Waals surface area contributed by atoms with Gasteiger partial charge in [-0.25, -0.2) is 0 Å². The van der Waals surface area contributed by atoms with Crippen LogP contribution >= 0.6 is 0 Å². The minimum Gasteiger partial charge on any atom is -0.481 e. The fraction of sp³-hybridized carbons (Fsp3) is 0.900. The topological polar surface area (TPSA) is 71.4 Å². The maximum Gasteiger partial charge on any atom is 0.309 e. The van der Waals surface area contributed by atoms with Crippen LogP contribution in [0.4, 0.5) is 0 Å². The van der Waals surface area contributed by atoms with Crippen LogP contribution in [0.15, 0.2) is 0 Å². The Balaban J connectivity index is 1.56. The molecule has 0 aromatic carbocycles. The molecular weight excluding hydrogens is 424 g/mol. The Hall–Kier alpha value is -1.19. The van der Waals surface area contributed by atoms with Crippen molar-refractivity contribution < 1.29 is 19.5 Å². The summed E-state index contributed by atoms with van der Waals surface area (Å²) in [6.07, 6.45) is 11.7. The van der Waals surface area contributed by atoms with Gasteiger partial charge in [-0.3, -0.25) is 9.59 Å². The summed E-state index contributed by atoms with van der Waals surface area (Å²) in [6.45, 7) is 14.0. The Labute approximate surface area is 206 Å². The summed E-state index contributed by atoms with van der Waals surface area (Å²) in [6, 6.07) is 0. The van der Waals surface area contributed by atoms with Crippen molar-refractivity contribution in [2.75, 3.05) is 0 Å². The summed E-state index contributed by atoms with van der Waals surface area (Å²) >= 11 is 0. The van der Waals surface area contributed by atoms with Crippen molar-refractivity contribution in [3.8, 4) is 0 Å². The maximum absolute atomic E-state index is 12.7. The van der Waals surface area contributed by atoms with Crippen molar-refractivity contribution in [2.24, 2.45) is 56.2 Å². The first-order valence-corrected chi connectivity index (χ1v) is 13.9. The van der Waals surface area contributed by atoms with Crippen LogP contribution in [-0.4, -0.2) is 23.1 Å². The van der Waals surface area contributed by atoms with Crippen molar-refractivity contribution in [1.29, 1.82) is 0 Å². The van der Waals surface area contributed by atoms with Crippen LogP contribution in [0.3, 0.4) is 0 Å². The Bertz CT molecular complexity index is 927. The van der Waals surface area contributed by atoms with Gasteiger partial charge in [0.1, 0.15) is 12.1 Å². The van der Waals surface area contributed by atoms with Gasteiger partial charge in [-0.15, -0.1) is 0 Å². The number of hydrogen-bond donors (Lipinski definition) is 1. The van der Waals surface area contributed by atoms with Gasteiger partial charge in [0.05, 0.1) is 5.41 Å². The van der Waals surface area contributed by atoms with Crippen LogP contribution in [0.25, 0.3) is 0 Å². The van der Waals surface area contributed by atoms with E-state index < -0.39 is 16.8 Å². The molecular formula is C30H46O4. The van der Waals surface area contributed by atoms with Crippen LogP contribution in [0.2, 0.25) is 0 Å². The maximum atomic E-state index is 12.7. The molecule has 0 aromatic heterocycles. The van der Waals surface area contributed by atoms with Gasteiger partial charge in [0, 0.05) is 17.8 Å². The second kappa shape index (κ2) is 7.19. The highest BCUT2D eigenvalue weighted by Gasteiger charge is 2.72. The third-order valence-corrected chi connectivity index (χ3v) is 13.8. The average molecular weight is 471 g/mol. The highest BCUT2D eigenvalue weighted by molar-refractivity contribution is 5.86. The number of carboxylic acids is 1. The molecule has 4 nitrogen and oxygen atoms in total. The zero-order valence-electron chi connectivity index (χ0n) is 22.3. The molecule has 0 radical (unpaired) electrons. The van der Waals surface area contributed by atoms with Crippen LogP contribution in [0.5, 0.6) is 0 Å². The van der Waals surface area contributed by atoms with E-state index >= 15 is 0 Å². The van der Waals surface area contributed by atoms with Crippen LogP contribution in [-0.2, 0) is 14.4 Å². The van der Waals surface area contributed by atoms with E-state index in [1.165, 1.54) is 19.1 Å².